The largest absolute Gasteiger partial charge is 0.285 e. The van der Waals surface area contributed by atoms with Crippen molar-refractivity contribution in [3.05, 3.63) is 83.2 Å². The Hall–Kier alpha value is -2.74. The fourth-order valence-electron chi connectivity index (χ4n) is 3.39. The molecule has 0 amide bonds. The van der Waals surface area contributed by atoms with Crippen molar-refractivity contribution in [1.29, 1.82) is 0 Å². The maximum Gasteiger partial charge on any atom is 0.0973 e. The molecule has 1 aromatic heterocycles. The standard InChI is InChI=1S/C22H20N2/c1-16-9-10-21-17(13-16)5-2-6-18(21)14-19-7-4-12-24-22(19)20-8-3-11-23-15-20/h2-3,5-6,8-15,22H,4,7H2,1H3/b19-14+. The van der Waals surface area contributed by atoms with E-state index in [4.69, 9.17) is 4.99 Å². The Kier molecular flexibility index (Phi) is 3.96. The minimum absolute atomic E-state index is 0.0909. The van der Waals surface area contributed by atoms with E-state index >= 15 is 0 Å². The molecule has 2 heterocycles. The molecule has 3 aromatic rings. The second-order valence-electron chi connectivity index (χ2n) is 6.35. The molecule has 1 aliphatic heterocycles. The smallest absolute Gasteiger partial charge is 0.0973 e. The van der Waals surface area contributed by atoms with Crippen LogP contribution in [0.25, 0.3) is 16.8 Å². The molecule has 0 saturated heterocycles. The van der Waals surface area contributed by atoms with Crippen molar-refractivity contribution in [2.24, 2.45) is 4.99 Å². The summed E-state index contributed by atoms with van der Waals surface area (Å²) >= 11 is 0. The highest BCUT2D eigenvalue weighted by Gasteiger charge is 2.18. The number of hydrogen-bond acceptors (Lipinski definition) is 2. The first-order chi connectivity index (χ1) is 11.8. The van der Waals surface area contributed by atoms with Gasteiger partial charge in [0.15, 0.2) is 0 Å². The van der Waals surface area contributed by atoms with Crippen LogP contribution in [0.2, 0.25) is 0 Å². The third-order valence-electron chi connectivity index (χ3n) is 4.58. The molecule has 0 fully saturated rings. The molecule has 1 unspecified atom stereocenters. The van der Waals surface area contributed by atoms with Crippen LogP contribution >= 0.6 is 0 Å². The lowest BCUT2D eigenvalue weighted by Crippen LogP contribution is -2.06. The van der Waals surface area contributed by atoms with E-state index in [1.54, 1.807) is 0 Å². The zero-order valence-electron chi connectivity index (χ0n) is 13.8. The van der Waals surface area contributed by atoms with E-state index in [9.17, 15) is 0 Å². The maximum atomic E-state index is 4.74. The molecule has 0 spiro atoms. The van der Waals surface area contributed by atoms with Crippen LogP contribution in [0.4, 0.5) is 0 Å². The molecule has 2 heteroatoms. The van der Waals surface area contributed by atoms with Gasteiger partial charge < -0.3 is 0 Å². The average Bonchev–Trinajstić information content (AvgIpc) is 2.63. The van der Waals surface area contributed by atoms with E-state index in [0.717, 1.165) is 18.4 Å². The van der Waals surface area contributed by atoms with Crippen molar-refractivity contribution in [3.63, 3.8) is 0 Å². The van der Waals surface area contributed by atoms with Gasteiger partial charge >= 0.3 is 0 Å². The van der Waals surface area contributed by atoms with Crippen LogP contribution in [0.15, 0.2) is 71.5 Å². The Bertz CT molecular complexity index is 923. The molecule has 1 atom stereocenters. The quantitative estimate of drug-likeness (QED) is 0.610. The van der Waals surface area contributed by atoms with Crippen molar-refractivity contribution in [3.8, 4) is 0 Å². The molecule has 0 saturated carbocycles. The van der Waals surface area contributed by atoms with Crippen LogP contribution in [0.5, 0.6) is 0 Å². The summed E-state index contributed by atoms with van der Waals surface area (Å²) in [6, 6.07) is 17.4. The van der Waals surface area contributed by atoms with Crippen LogP contribution in [0.1, 0.15) is 35.6 Å². The molecule has 24 heavy (non-hydrogen) atoms. The fourth-order valence-corrected chi connectivity index (χ4v) is 3.39. The molecule has 0 bridgehead atoms. The predicted octanol–water partition coefficient (Wildman–Crippen LogP) is 5.53. The van der Waals surface area contributed by atoms with Gasteiger partial charge in [0.05, 0.1) is 6.04 Å². The number of benzene rings is 2. The zero-order valence-corrected chi connectivity index (χ0v) is 13.8. The lowest BCUT2D eigenvalue weighted by molar-refractivity contribution is 0.762. The third-order valence-corrected chi connectivity index (χ3v) is 4.58. The van der Waals surface area contributed by atoms with E-state index in [-0.39, 0.29) is 6.04 Å². The van der Waals surface area contributed by atoms with E-state index in [2.05, 4.69) is 60.4 Å². The average molecular weight is 312 g/mol. The zero-order chi connectivity index (χ0) is 16.4. The number of aliphatic imine (C=N–C) groups is 1. The number of hydrogen-bond donors (Lipinski definition) is 0. The number of aryl methyl sites for hydroxylation is 1. The fraction of sp³-hybridized carbons (Fsp3) is 0.182. The molecule has 0 N–H and O–H groups in total. The Balaban J connectivity index is 1.81. The van der Waals surface area contributed by atoms with Gasteiger partial charge in [-0.2, -0.15) is 0 Å². The summed E-state index contributed by atoms with van der Waals surface area (Å²) in [5, 5.41) is 2.59. The second kappa shape index (κ2) is 6.40. The normalized spacial score (nSPS) is 19.0. The van der Waals surface area contributed by atoms with Gasteiger partial charge in [0.1, 0.15) is 0 Å². The van der Waals surface area contributed by atoms with Gasteiger partial charge in [-0.15, -0.1) is 0 Å². The first kappa shape index (κ1) is 14.8. The Morgan fingerprint density at radius 1 is 1.08 bits per heavy atom. The van der Waals surface area contributed by atoms with Crippen molar-refractivity contribution in [2.75, 3.05) is 0 Å². The lowest BCUT2D eigenvalue weighted by atomic mass is 9.91. The topological polar surface area (TPSA) is 25.2 Å². The van der Waals surface area contributed by atoms with Crippen molar-refractivity contribution in [2.45, 2.75) is 25.8 Å². The first-order valence-electron chi connectivity index (χ1n) is 8.43. The van der Waals surface area contributed by atoms with Crippen LogP contribution in [0, 0.1) is 6.92 Å². The van der Waals surface area contributed by atoms with Gasteiger partial charge in [-0.1, -0.05) is 54.1 Å². The van der Waals surface area contributed by atoms with Crippen molar-refractivity contribution < 1.29 is 0 Å². The number of nitrogens with zero attached hydrogens (tertiary/aromatic N) is 2. The van der Waals surface area contributed by atoms with Crippen LogP contribution < -0.4 is 0 Å². The minimum atomic E-state index is 0.0909. The molecule has 118 valence electrons. The molecule has 4 rings (SSSR count). The van der Waals surface area contributed by atoms with E-state index in [1.807, 2.05) is 24.7 Å². The summed E-state index contributed by atoms with van der Waals surface area (Å²) in [5.41, 5.74) is 5.09. The van der Waals surface area contributed by atoms with Crippen LogP contribution in [-0.2, 0) is 0 Å². The molecule has 0 radical (unpaired) electrons. The SMILES string of the molecule is Cc1ccc2c(/C=C3\CCC=NC3c3cccnc3)cccc2c1. The maximum absolute atomic E-state index is 4.74. The first-order valence-corrected chi connectivity index (χ1v) is 8.43. The Morgan fingerprint density at radius 2 is 2.04 bits per heavy atom. The highest BCUT2D eigenvalue weighted by molar-refractivity contribution is 5.91. The van der Waals surface area contributed by atoms with Crippen molar-refractivity contribution >= 4 is 23.1 Å². The molecule has 1 aliphatic rings. The number of aromatic nitrogens is 1. The number of fused-ring (bicyclic) bond motifs is 1. The highest BCUT2D eigenvalue weighted by Crippen LogP contribution is 2.34. The predicted molar refractivity (Wildman–Crippen MR) is 101 cm³/mol. The summed E-state index contributed by atoms with van der Waals surface area (Å²) < 4.78 is 0. The van der Waals surface area contributed by atoms with Crippen molar-refractivity contribution in [1.82, 2.24) is 4.98 Å². The third kappa shape index (κ3) is 2.88. The number of rotatable bonds is 2. The summed E-state index contributed by atoms with van der Waals surface area (Å²) in [5.74, 6) is 0. The second-order valence-corrected chi connectivity index (χ2v) is 6.35. The van der Waals surface area contributed by atoms with E-state index in [0.29, 0.717) is 0 Å². The minimum Gasteiger partial charge on any atom is -0.285 e. The van der Waals surface area contributed by atoms with Crippen LogP contribution in [0.3, 0.4) is 0 Å². The molecule has 2 nitrogen and oxygen atoms in total. The van der Waals surface area contributed by atoms with E-state index < -0.39 is 0 Å². The Morgan fingerprint density at radius 3 is 2.92 bits per heavy atom. The van der Waals surface area contributed by atoms with Crippen LogP contribution in [-0.4, -0.2) is 11.2 Å². The van der Waals surface area contributed by atoms with Gasteiger partial charge in [-0.3, -0.25) is 9.98 Å². The lowest BCUT2D eigenvalue weighted by Gasteiger charge is -2.20. The molecular weight excluding hydrogens is 292 g/mol. The molecular formula is C22H20N2. The Labute approximate surface area is 142 Å². The summed E-state index contributed by atoms with van der Waals surface area (Å²) in [6.07, 6.45) is 10.2. The number of pyridine rings is 1. The summed E-state index contributed by atoms with van der Waals surface area (Å²) in [4.78, 5) is 9.00. The van der Waals surface area contributed by atoms with E-state index in [1.165, 1.54) is 27.5 Å². The van der Waals surface area contributed by atoms with Gasteiger partial charge in [-0.05, 0) is 53.3 Å². The van der Waals surface area contributed by atoms with Gasteiger partial charge in [0.25, 0.3) is 0 Å². The van der Waals surface area contributed by atoms with Gasteiger partial charge in [0.2, 0.25) is 0 Å². The van der Waals surface area contributed by atoms with Gasteiger partial charge in [0, 0.05) is 18.6 Å². The molecule has 0 aliphatic carbocycles. The van der Waals surface area contributed by atoms with Gasteiger partial charge in [-0.25, -0.2) is 0 Å². The molecule has 2 aromatic carbocycles. The summed E-state index contributed by atoms with van der Waals surface area (Å²) in [6.45, 7) is 2.14. The summed E-state index contributed by atoms with van der Waals surface area (Å²) in [7, 11) is 0. The monoisotopic (exact) mass is 312 g/mol. The highest BCUT2D eigenvalue weighted by atomic mass is 14.8.